The van der Waals surface area contributed by atoms with E-state index in [0.29, 0.717) is 5.56 Å². The van der Waals surface area contributed by atoms with Crippen molar-refractivity contribution < 1.29 is 13.9 Å². The Morgan fingerprint density at radius 2 is 1.53 bits per heavy atom. The van der Waals surface area contributed by atoms with Crippen LogP contribution in [0.1, 0.15) is 43.6 Å². The van der Waals surface area contributed by atoms with Crippen LogP contribution in [0.3, 0.4) is 0 Å². The van der Waals surface area contributed by atoms with Gasteiger partial charge in [-0.15, -0.1) is 0 Å². The predicted molar refractivity (Wildman–Crippen MR) is 125 cm³/mol. The first kappa shape index (κ1) is 26.4. The second-order valence-electron chi connectivity index (χ2n) is 6.24. The van der Waals surface area contributed by atoms with E-state index in [1.807, 2.05) is 27.7 Å². The molecule has 0 unspecified atom stereocenters. The fraction of sp³-hybridized carbons (Fsp3) is 0.292. The molecule has 7 nitrogen and oxygen atoms in total. The molecule has 0 fully saturated rings. The van der Waals surface area contributed by atoms with Gasteiger partial charge in [0.2, 0.25) is 0 Å². The highest BCUT2D eigenvalue weighted by Gasteiger charge is 2.24. The standard InChI is InChI=1S/C20H18FN3O4.2C2H6/c1-12-9-10-15(14(21)11-12)22-17-16(18(25)24(3)20(27)23(17)2)19(26)28-13-7-5-4-6-8-13;2*1-2/h4-11,22H,1-3H3;2*1-2H3. The van der Waals surface area contributed by atoms with Crippen LogP contribution in [0, 0.1) is 12.7 Å². The van der Waals surface area contributed by atoms with Crippen LogP contribution in [0.2, 0.25) is 0 Å². The molecule has 0 spiro atoms. The van der Waals surface area contributed by atoms with E-state index < -0.39 is 28.6 Å². The largest absolute Gasteiger partial charge is 0.423 e. The van der Waals surface area contributed by atoms with Crippen molar-refractivity contribution in [3.05, 3.63) is 86.3 Å². The summed E-state index contributed by atoms with van der Waals surface area (Å²) in [6.07, 6.45) is 0. The molecule has 8 heteroatoms. The maximum atomic E-state index is 14.3. The van der Waals surface area contributed by atoms with E-state index in [9.17, 15) is 18.8 Å². The number of halogens is 1. The Morgan fingerprint density at radius 1 is 0.938 bits per heavy atom. The van der Waals surface area contributed by atoms with Crippen molar-refractivity contribution in [1.82, 2.24) is 9.13 Å². The number of aryl methyl sites for hydroxylation is 1. The molecule has 0 radical (unpaired) electrons. The first-order chi connectivity index (χ1) is 15.3. The number of hydrogen-bond acceptors (Lipinski definition) is 5. The van der Waals surface area contributed by atoms with E-state index >= 15 is 0 Å². The lowest BCUT2D eigenvalue weighted by Gasteiger charge is -2.16. The number of carbonyl (C=O) groups excluding carboxylic acids is 1. The number of para-hydroxylation sites is 1. The molecule has 32 heavy (non-hydrogen) atoms. The van der Waals surface area contributed by atoms with E-state index in [0.717, 1.165) is 9.13 Å². The van der Waals surface area contributed by atoms with Gasteiger partial charge in [-0.05, 0) is 36.8 Å². The summed E-state index contributed by atoms with van der Waals surface area (Å²) in [5, 5.41) is 2.69. The molecular formula is C24H30FN3O4. The van der Waals surface area contributed by atoms with Gasteiger partial charge in [-0.2, -0.15) is 0 Å². The Kier molecular flexibility index (Phi) is 10.1. The highest BCUT2D eigenvalue weighted by atomic mass is 19.1. The molecule has 0 aliphatic carbocycles. The first-order valence-electron chi connectivity index (χ1n) is 10.4. The predicted octanol–water partition coefficient (Wildman–Crippen LogP) is 4.55. The first-order valence-corrected chi connectivity index (χ1v) is 10.4. The van der Waals surface area contributed by atoms with Gasteiger partial charge in [-0.3, -0.25) is 13.9 Å². The second-order valence-corrected chi connectivity index (χ2v) is 6.24. The van der Waals surface area contributed by atoms with Gasteiger partial charge < -0.3 is 10.1 Å². The normalized spacial score (nSPS) is 9.62. The fourth-order valence-electron chi connectivity index (χ4n) is 2.67. The molecule has 3 rings (SSSR count). The molecule has 1 heterocycles. The van der Waals surface area contributed by atoms with Crippen LogP contribution < -0.4 is 21.3 Å². The van der Waals surface area contributed by atoms with Crippen LogP contribution in [0.5, 0.6) is 5.75 Å². The Hall–Kier alpha value is -3.68. The Balaban J connectivity index is 0.00000121. The van der Waals surface area contributed by atoms with Gasteiger partial charge in [0.15, 0.2) is 5.56 Å². The molecule has 0 saturated carbocycles. The van der Waals surface area contributed by atoms with Crippen molar-refractivity contribution in [3.63, 3.8) is 0 Å². The molecule has 0 amide bonds. The lowest BCUT2D eigenvalue weighted by atomic mass is 10.2. The number of rotatable bonds is 4. The number of ether oxygens (including phenoxy) is 1. The summed E-state index contributed by atoms with van der Waals surface area (Å²) < 4.78 is 21.4. The highest BCUT2D eigenvalue weighted by molar-refractivity contribution is 5.96. The van der Waals surface area contributed by atoms with Crippen LogP contribution in [-0.4, -0.2) is 15.1 Å². The molecule has 2 aromatic carbocycles. The van der Waals surface area contributed by atoms with Gasteiger partial charge >= 0.3 is 11.7 Å². The van der Waals surface area contributed by atoms with Crippen molar-refractivity contribution in [3.8, 4) is 5.75 Å². The number of esters is 1. The van der Waals surface area contributed by atoms with Crippen molar-refractivity contribution in [1.29, 1.82) is 0 Å². The van der Waals surface area contributed by atoms with Gasteiger partial charge in [0.1, 0.15) is 17.4 Å². The van der Waals surface area contributed by atoms with Gasteiger partial charge in [-0.25, -0.2) is 14.0 Å². The van der Waals surface area contributed by atoms with E-state index in [1.54, 1.807) is 43.3 Å². The average molecular weight is 444 g/mol. The van der Waals surface area contributed by atoms with E-state index in [4.69, 9.17) is 4.74 Å². The molecule has 0 atom stereocenters. The quantitative estimate of drug-likeness (QED) is 0.473. The lowest BCUT2D eigenvalue weighted by molar-refractivity contribution is 0.0732. The van der Waals surface area contributed by atoms with Gasteiger partial charge in [0.25, 0.3) is 5.56 Å². The Labute approximate surface area is 187 Å². The maximum absolute atomic E-state index is 14.3. The van der Waals surface area contributed by atoms with Crippen molar-refractivity contribution in [2.45, 2.75) is 34.6 Å². The van der Waals surface area contributed by atoms with Crippen molar-refractivity contribution in [2.75, 3.05) is 5.32 Å². The summed E-state index contributed by atoms with van der Waals surface area (Å²) in [6, 6.07) is 12.6. The molecule has 1 aromatic heterocycles. The second kappa shape index (κ2) is 12.2. The van der Waals surface area contributed by atoms with Crippen molar-refractivity contribution in [2.24, 2.45) is 14.1 Å². The van der Waals surface area contributed by atoms with Crippen LogP contribution in [-0.2, 0) is 14.1 Å². The molecular weight excluding hydrogens is 413 g/mol. The molecule has 0 saturated heterocycles. The monoisotopic (exact) mass is 443 g/mol. The third-order valence-electron chi connectivity index (χ3n) is 4.20. The van der Waals surface area contributed by atoms with E-state index in [1.165, 1.54) is 26.2 Å². The maximum Gasteiger partial charge on any atom is 0.352 e. The molecule has 3 aromatic rings. The minimum absolute atomic E-state index is 0.0163. The molecule has 172 valence electrons. The zero-order valence-corrected chi connectivity index (χ0v) is 19.5. The summed E-state index contributed by atoms with van der Waals surface area (Å²) in [7, 11) is 2.62. The van der Waals surface area contributed by atoms with Crippen molar-refractivity contribution >= 4 is 17.5 Å². The number of anilines is 2. The average Bonchev–Trinajstić information content (AvgIpc) is 2.81. The number of aromatic nitrogens is 2. The molecule has 1 N–H and O–H groups in total. The van der Waals surface area contributed by atoms with Gasteiger partial charge in [0.05, 0.1) is 5.69 Å². The smallest absolute Gasteiger partial charge is 0.352 e. The van der Waals surface area contributed by atoms with Gasteiger partial charge in [-0.1, -0.05) is 52.0 Å². The van der Waals surface area contributed by atoms with Crippen LogP contribution in [0.4, 0.5) is 15.9 Å². The summed E-state index contributed by atoms with van der Waals surface area (Å²) in [6.45, 7) is 9.73. The molecule has 0 bridgehead atoms. The minimum atomic E-state index is -0.961. The topological polar surface area (TPSA) is 82.3 Å². The number of nitrogens with one attached hydrogen (secondary N) is 1. The highest BCUT2D eigenvalue weighted by Crippen LogP contribution is 2.22. The van der Waals surface area contributed by atoms with Crippen LogP contribution >= 0.6 is 0 Å². The van der Waals surface area contributed by atoms with Crippen LogP contribution in [0.15, 0.2) is 58.1 Å². The Bertz CT molecular complexity index is 1170. The fourth-order valence-corrected chi connectivity index (χ4v) is 2.67. The molecule has 0 aliphatic rings. The van der Waals surface area contributed by atoms with Gasteiger partial charge in [0, 0.05) is 14.1 Å². The summed E-state index contributed by atoms with van der Waals surface area (Å²) in [5.41, 5.74) is -1.21. The summed E-state index contributed by atoms with van der Waals surface area (Å²) >= 11 is 0. The Morgan fingerprint density at radius 3 is 2.09 bits per heavy atom. The third kappa shape index (κ3) is 5.94. The molecule has 0 aliphatic heterocycles. The SMILES string of the molecule is CC.CC.Cc1ccc(Nc2c(C(=O)Oc3ccccc3)c(=O)n(C)c(=O)n2C)c(F)c1. The number of nitrogens with zero attached hydrogens (tertiary/aromatic N) is 2. The van der Waals surface area contributed by atoms with E-state index in [-0.39, 0.29) is 17.3 Å². The third-order valence-corrected chi connectivity index (χ3v) is 4.20. The zero-order chi connectivity index (χ0) is 24.4. The van der Waals surface area contributed by atoms with E-state index in [2.05, 4.69) is 5.32 Å². The summed E-state index contributed by atoms with van der Waals surface area (Å²) in [5.74, 6) is -1.47. The number of hydrogen-bond donors (Lipinski definition) is 1. The van der Waals surface area contributed by atoms with Crippen LogP contribution in [0.25, 0.3) is 0 Å². The minimum Gasteiger partial charge on any atom is -0.423 e. The summed E-state index contributed by atoms with van der Waals surface area (Å²) in [4.78, 5) is 37.7. The lowest BCUT2D eigenvalue weighted by Crippen LogP contribution is -2.42. The number of carbonyl (C=O) groups is 1. The zero-order valence-electron chi connectivity index (χ0n) is 19.5. The number of benzene rings is 2.